The molecule has 0 aromatic rings. The Morgan fingerprint density at radius 3 is 2.27 bits per heavy atom. The van der Waals surface area contributed by atoms with E-state index in [1.165, 1.54) is 0 Å². The second kappa shape index (κ2) is 3.09. The largest absolute Gasteiger partial charge is 0.463 e. The Bertz CT molecular complexity index is 287. The van der Waals surface area contributed by atoms with Gasteiger partial charge in [0.15, 0.2) is 5.79 Å². The lowest BCUT2D eigenvalue weighted by atomic mass is 9.80. The molecule has 2 fully saturated rings. The van der Waals surface area contributed by atoms with Crippen molar-refractivity contribution in [2.75, 3.05) is 19.8 Å². The van der Waals surface area contributed by atoms with Crippen LogP contribution in [0, 0.1) is 0 Å². The monoisotopic (exact) mass is 212 g/mol. The third-order valence-corrected chi connectivity index (χ3v) is 3.59. The van der Waals surface area contributed by atoms with Gasteiger partial charge in [0.2, 0.25) is 0 Å². The Kier molecular flexibility index (Phi) is 1.94. The fraction of sp³-hybridized carbons (Fsp3) is 0.900. The highest BCUT2D eigenvalue weighted by Crippen LogP contribution is 2.43. The molecular weight excluding hydrogens is 196 g/mol. The van der Waals surface area contributed by atoms with Crippen LogP contribution in [0.4, 0.5) is 0 Å². The Labute approximate surface area is 88.6 Å². The molecule has 1 aliphatic carbocycles. The molecule has 15 heavy (non-hydrogen) atoms. The topological polar surface area (TPSA) is 66.1 Å². The van der Waals surface area contributed by atoms with Gasteiger partial charge >= 0.3 is 0 Å². The van der Waals surface area contributed by atoms with Gasteiger partial charge in [-0.05, 0) is 12.8 Å². The molecule has 2 N–H and O–H groups in total. The van der Waals surface area contributed by atoms with Crippen molar-refractivity contribution in [1.82, 2.24) is 0 Å². The minimum Gasteiger partial charge on any atom is -0.463 e. The molecule has 3 rings (SSSR count). The zero-order chi connectivity index (χ0) is 10.4. The summed E-state index contributed by atoms with van der Waals surface area (Å²) in [6.07, 6.45) is 3.67. The zero-order valence-corrected chi connectivity index (χ0v) is 8.70. The molecular formula is C10H16N2O3. The molecule has 0 atom stereocenters. The maximum absolute atomic E-state index is 5.67. The van der Waals surface area contributed by atoms with Crippen molar-refractivity contribution >= 4 is 6.02 Å². The highest BCUT2D eigenvalue weighted by molar-refractivity contribution is 5.73. The molecule has 1 saturated carbocycles. The maximum Gasteiger partial charge on any atom is 0.282 e. The van der Waals surface area contributed by atoms with Crippen LogP contribution >= 0.6 is 0 Å². The van der Waals surface area contributed by atoms with Crippen LogP contribution in [0.3, 0.4) is 0 Å². The molecule has 0 aromatic carbocycles. The van der Waals surface area contributed by atoms with Crippen molar-refractivity contribution in [3.05, 3.63) is 0 Å². The normalized spacial score (nSPS) is 31.9. The van der Waals surface area contributed by atoms with E-state index in [0.29, 0.717) is 12.6 Å². The van der Waals surface area contributed by atoms with Crippen molar-refractivity contribution in [3.8, 4) is 0 Å². The van der Waals surface area contributed by atoms with Crippen molar-refractivity contribution in [1.29, 1.82) is 0 Å². The van der Waals surface area contributed by atoms with Gasteiger partial charge in [-0.15, -0.1) is 0 Å². The molecule has 84 valence electrons. The van der Waals surface area contributed by atoms with Crippen molar-refractivity contribution in [3.63, 3.8) is 0 Å². The molecule has 2 heterocycles. The molecule has 2 spiro atoms. The Morgan fingerprint density at radius 1 is 1.07 bits per heavy atom. The number of nitrogens with two attached hydrogens (primary N) is 1. The van der Waals surface area contributed by atoms with Crippen molar-refractivity contribution < 1.29 is 14.2 Å². The van der Waals surface area contributed by atoms with Crippen LogP contribution in [-0.4, -0.2) is 37.2 Å². The highest BCUT2D eigenvalue weighted by atomic mass is 16.7. The van der Waals surface area contributed by atoms with E-state index in [9.17, 15) is 0 Å². The lowest BCUT2D eigenvalue weighted by Gasteiger charge is -2.38. The summed E-state index contributed by atoms with van der Waals surface area (Å²) in [4.78, 5) is 4.40. The van der Waals surface area contributed by atoms with Crippen LogP contribution in [0.2, 0.25) is 0 Å². The van der Waals surface area contributed by atoms with Crippen LogP contribution in [-0.2, 0) is 14.2 Å². The van der Waals surface area contributed by atoms with Gasteiger partial charge in [-0.2, -0.15) is 0 Å². The van der Waals surface area contributed by atoms with Crippen molar-refractivity contribution in [2.24, 2.45) is 10.7 Å². The predicted molar refractivity (Wildman–Crippen MR) is 53.4 cm³/mol. The van der Waals surface area contributed by atoms with Crippen molar-refractivity contribution in [2.45, 2.75) is 37.0 Å². The number of nitrogens with zero attached hydrogens (tertiary/aromatic N) is 1. The summed E-state index contributed by atoms with van der Waals surface area (Å²) >= 11 is 0. The first kappa shape index (κ1) is 9.42. The smallest absolute Gasteiger partial charge is 0.282 e. The van der Waals surface area contributed by atoms with Crippen LogP contribution in [0.25, 0.3) is 0 Å². The molecule has 0 radical (unpaired) electrons. The summed E-state index contributed by atoms with van der Waals surface area (Å²) in [6, 6.07) is 0.333. The predicted octanol–water partition coefficient (Wildman–Crippen LogP) is 0.387. The van der Waals surface area contributed by atoms with E-state index in [1.54, 1.807) is 0 Å². The van der Waals surface area contributed by atoms with Gasteiger partial charge in [0, 0.05) is 12.8 Å². The van der Waals surface area contributed by atoms with Gasteiger partial charge < -0.3 is 19.9 Å². The van der Waals surface area contributed by atoms with Gasteiger partial charge in [-0.1, -0.05) is 0 Å². The average Bonchev–Trinajstić information content (AvgIpc) is 2.81. The molecule has 1 saturated heterocycles. The summed E-state index contributed by atoms with van der Waals surface area (Å²) in [5.41, 5.74) is 5.46. The Balaban J connectivity index is 1.70. The summed E-state index contributed by atoms with van der Waals surface area (Å²) in [7, 11) is 0. The SMILES string of the molecule is NC1=NC2(CCC3(CC2)OCCO3)CO1. The van der Waals surface area contributed by atoms with E-state index in [2.05, 4.69) is 4.99 Å². The average molecular weight is 212 g/mol. The molecule has 3 aliphatic rings. The molecule has 0 bridgehead atoms. The highest BCUT2D eigenvalue weighted by Gasteiger charge is 2.48. The van der Waals surface area contributed by atoms with Gasteiger partial charge in [0.05, 0.1) is 13.2 Å². The number of hydrogen-bond acceptors (Lipinski definition) is 5. The van der Waals surface area contributed by atoms with E-state index >= 15 is 0 Å². The molecule has 0 unspecified atom stereocenters. The summed E-state index contributed by atoms with van der Waals surface area (Å²) in [5, 5.41) is 0. The number of hydrogen-bond donors (Lipinski definition) is 1. The lowest BCUT2D eigenvalue weighted by Crippen LogP contribution is -2.43. The molecule has 5 nitrogen and oxygen atoms in total. The summed E-state index contributed by atoms with van der Waals surface area (Å²) in [5.74, 6) is -0.321. The Morgan fingerprint density at radius 2 is 1.73 bits per heavy atom. The van der Waals surface area contributed by atoms with Gasteiger partial charge in [-0.25, -0.2) is 4.99 Å². The first-order valence-corrected chi connectivity index (χ1v) is 5.48. The number of ether oxygens (including phenoxy) is 3. The zero-order valence-electron chi connectivity index (χ0n) is 8.70. The fourth-order valence-corrected chi connectivity index (χ4v) is 2.64. The molecule has 0 aromatic heterocycles. The number of rotatable bonds is 0. The van der Waals surface area contributed by atoms with Crippen LogP contribution in [0.1, 0.15) is 25.7 Å². The second-order valence-corrected chi connectivity index (χ2v) is 4.57. The van der Waals surface area contributed by atoms with E-state index in [1.807, 2.05) is 0 Å². The first-order chi connectivity index (χ1) is 7.22. The first-order valence-electron chi connectivity index (χ1n) is 5.48. The minimum absolute atomic E-state index is 0.0926. The van der Waals surface area contributed by atoms with E-state index in [0.717, 1.165) is 38.9 Å². The summed E-state index contributed by atoms with van der Waals surface area (Å²) in [6.45, 7) is 2.05. The van der Waals surface area contributed by atoms with Crippen LogP contribution in [0.15, 0.2) is 4.99 Å². The molecule has 5 heteroatoms. The number of amidine groups is 1. The van der Waals surface area contributed by atoms with Crippen LogP contribution < -0.4 is 5.73 Å². The van der Waals surface area contributed by atoms with Gasteiger partial charge in [0.1, 0.15) is 12.1 Å². The van der Waals surface area contributed by atoms with Crippen LogP contribution in [0.5, 0.6) is 0 Å². The third kappa shape index (κ3) is 1.50. The van der Waals surface area contributed by atoms with Gasteiger partial charge in [0.25, 0.3) is 6.02 Å². The van der Waals surface area contributed by atoms with E-state index < -0.39 is 0 Å². The maximum atomic E-state index is 5.67. The van der Waals surface area contributed by atoms with Gasteiger partial charge in [-0.3, -0.25) is 0 Å². The lowest BCUT2D eigenvalue weighted by molar-refractivity contribution is -0.184. The van der Waals surface area contributed by atoms with E-state index in [-0.39, 0.29) is 11.3 Å². The molecule has 0 amide bonds. The second-order valence-electron chi connectivity index (χ2n) is 4.57. The minimum atomic E-state index is -0.321. The standard InChI is InChI=1S/C10H16N2O3/c11-8-12-9(7-13-8)1-3-10(4-2-9)14-5-6-15-10/h1-7H2,(H2,11,12). The third-order valence-electron chi connectivity index (χ3n) is 3.59. The quantitative estimate of drug-likeness (QED) is 0.630. The number of aliphatic imine (C=N–C) groups is 1. The fourth-order valence-electron chi connectivity index (χ4n) is 2.64. The van der Waals surface area contributed by atoms with E-state index in [4.69, 9.17) is 19.9 Å². The Hall–Kier alpha value is -0.810. The molecule has 2 aliphatic heterocycles. The summed E-state index contributed by atoms with van der Waals surface area (Å²) < 4.78 is 16.6.